The average molecular weight is 235 g/mol. The first-order valence-corrected chi connectivity index (χ1v) is 6.12. The first-order valence-electron chi connectivity index (χ1n) is 6.12. The first kappa shape index (κ1) is 13.6. The molecule has 4 nitrogen and oxygen atoms in total. The van der Waals surface area contributed by atoms with Crippen molar-refractivity contribution >= 4 is 5.91 Å². The van der Waals surface area contributed by atoms with Gasteiger partial charge in [0.05, 0.1) is 17.8 Å². The normalized spacial score (nSPS) is 14.1. The number of carbonyl (C=O) groups excluding carboxylic acids is 1. The van der Waals surface area contributed by atoms with Crippen LogP contribution in [0.15, 0.2) is 24.4 Å². The van der Waals surface area contributed by atoms with Gasteiger partial charge in [0.15, 0.2) is 0 Å². The topological polar surface area (TPSA) is 68.0 Å². The lowest BCUT2D eigenvalue weighted by molar-refractivity contribution is -0.123. The summed E-state index contributed by atoms with van der Waals surface area (Å²) in [5.41, 5.74) is 6.65. The van der Waals surface area contributed by atoms with E-state index in [0.29, 0.717) is 0 Å². The van der Waals surface area contributed by atoms with Crippen molar-refractivity contribution in [3.63, 3.8) is 0 Å². The summed E-state index contributed by atoms with van der Waals surface area (Å²) in [5, 5.41) is 2.88. The molecule has 0 saturated carbocycles. The SMILES string of the molecule is CCCCC(N)C(=O)N[C@H](C)c1ccccn1. The number of amides is 1. The number of nitrogens with one attached hydrogen (secondary N) is 1. The average Bonchev–Trinajstić information content (AvgIpc) is 2.36. The van der Waals surface area contributed by atoms with Gasteiger partial charge in [-0.2, -0.15) is 0 Å². The predicted molar refractivity (Wildman–Crippen MR) is 68.3 cm³/mol. The van der Waals surface area contributed by atoms with Crippen LogP contribution in [0.4, 0.5) is 0 Å². The quantitative estimate of drug-likeness (QED) is 0.789. The van der Waals surface area contributed by atoms with Crippen LogP contribution in [0.5, 0.6) is 0 Å². The maximum atomic E-state index is 11.8. The highest BCUT2D eigenvalue weighted by Gasteiger charge is 2.16. The fraction of sp³-hybridized carbons (Fsp3) is 0.538. The van der Waals surface area contributed by atoms with Crippen molar-refractivity contribution in [2.75, 3.05) is 0 Å². The highest BCUT2D eigenvalue weighted by atomic mass is 16.2. The minimum atomic E-state index is -0.416. The maximum absolute atomic E-state index is 11.8. The van der Waals surface area contributed by atoms with Crippen LogP contribution < -0.4 is 11.1 Å². The molecular formula is C13H21N3O. The van der Waals surface area contributed by atoms with Crippen molar-refractivity contribution in [2.24, 2.45) is 5.73 Å². The Morgan fingerprint density at radius 3 is 2.88 bits per heavy atom. The summed E-state index contributed by atoms with van der Waals surface area (Å²) in [6.45, 7) is 3.99. The third-order valence-electron chi connectivity index (χ3n) is 2.70. The number of nitrogens with two attached hydrogens (primary N) is 1. The van der Waals surface area contributed by atoms with E-state index in [1.807, 2.05) is 25.1 Å². The highest BCUT2D eigenvalue weighted by Crippen LogP contribution is 2.08. The van der Waals surface area contributed by atoms with Crippen molar-refractivity contribution in [3.05, 3.63) is 30.1 Å². The van der Waals surface area contributed by atoms with Gasteiger partial charge in [-0.25, -0.2) is 0 Å². The Kier molecular flexibility index (Phi) is 5.63. The summed E-state index contributed by atoms with van der Waals surface area (Å²) < 4.78 is 0. The van der Waals surface area contributed by atoms with Gasteiger partial charge in [0.25, 0.3) is 0 Å². The van der Waals surface area contributed by atoms with E-state index in [0.717, 1.165) is 25.0 Å². The molecule has 2 atom stereocenters. The number of nitrogens with zero attached hydrogens (tertiary/aromatic N) is 1. The largest absolute Gasteiger partial charge is 0.347 e. The Morgan fingerprint density at radius 1 is 1.53 bits per heavy atom. The lowest BCUT2D eigenvalue weighted by Crippen LogP contribution is -2.41. The number of rotatable bonds is 6. The molecule has 1 heterocycles. The van der Waals surface area contributed by atoms with Gasteiger partial charge < -0.3 is 11.1 Å². The number of carbonyl (C=O) groups is 1. The smallest absolute Gasteiger partial charge is 0.237 e. The molecule has 0 aliphatic carbocycles. The van der Waals surface area contributed by atoms with Crippen molar-refractivity contribution < 1.29 is 4.79 Å². The summed E-state index contributed by atoms with van der Waals surface area (Å²) in [6.07, 6.45) is 4.48. The fourth-order valence-corrected chi connectivity index (χ4v) is 1.58. The first-order chi connectivity index (χ1) is 8.15. The monoisotopic (exact) mass is 235 g/mol. The number of aromatic nitrogens is 1. The van der Waals surface area contributed by atoms with Crippen LogP contribution >= 0.6 is 0 Å². The molecule has 0 aromatic carbocycles. The second kappa shape index (κ2) is 7.01. The van der Waals surface area contributed by atoms with Crippen LogP contribution in [-0.2, 0) is 4.79 Å². The zero-order valence-electron chi connectivity index (χ0n) is 10.5. The molecule has 17 heavy (non-hydrogen) atoms. The Hall–Kier alpha value is -1.42. The Labute approximate surface area is 103 Å². The summed E-state index contributed by atoms with van der Waals surface area (Å²) >= 11 is 0. The number of hydrogen-bond acceptors (Lipinski definition) is 3. The van der Waals surface area contributed by atoms with E-state index in [1.165, 1.54) is 0 Å². The second-order valence-corrected chi connectivity index (χ2v) is 4.23. The van der Waals surface area contributed by atoms with Crippen molar-refractivity contribution in [2.45, 2.75) is 45.2 Å². The molecule has 0 radical (unpaired) electrons. The molecule has 0 aliphatic rings. The molecule has 1 aromatic heterocycles. The molecule has 0 aliphatic heterocycles. The third kappa shape index (κ3) is 4.53. The molecule has 0 fully saturated rings. The van der Waals surface area contributed by atoms with E-state index in [4.69, 9.17) is 5.73 Å². The van der Waals surface area contributed by atoms with E-state index in [2.05, 4.69) is 17.2 Å². The summed E-state index contributed by atoms with van der Waals surface area (Å²) in [7, 11) is 0. The van der Waals surface area contributed by atoms with Gasteiger partial charge in [0.2, 0.25) is 5.91 Å². The van der Waals surface area contributed by atoms with E-state index in [-0.39, 0.29) is 11.9 Å². The van der Waals surface area contributed by atoms with Crippen molar-refractivity contribution in [1.29, 1.82) is 0 Å². The molecule has 0 saturated heterocycles. The number of unbranched alkanes of at least 4 members (excludes halogenated alkanes) is 1. The van der Waals surface area contributed by atoms with Gasteiger partial charge in [-0.15, -0.1) is 0 Å². The van der Waals surface area contributed by atoms with Crippen LogP contribution in [-0.4, -0.2) is 16.9 Å². The zero-order valence-corrected chi connectivity index (χ0v) is 10.5. The molecule has 94 valence electrons. The second-order valence-electron chi connectivity index (χ2n) is 4.23. The predicted octanol–water partition coefficient (Wildman–Crippen LogP) is 1.78. The van der Waals surface area contributed by atoms with E-state index in [9.17, 15) is 4.79 Å². The fourth-order valence-electron chi connectivity index (χ4n) is 1.58. The molecule has 0 spiro atoms. The Balaban J connectivity index is 2.46. The van der Waals surface area contributed by atoms with Crippen molar-refractivity contribution in [1.82, 2.24) is 10.3 Å². The van der Waals surface area contributed by atoms with Gasteiger partial charge in [-0.1, -0.05) is 25.8 Å². The molecule has 1 unspecified atom stereocenters. The van der Waals surface area contributed by atoms with E-state index < -0.39 is 6.04 Å². The van der Waals surface area contributed by atoms with Crippen LogP contribution in [0, 0.1) is 0 Å². The van der Waals surface area contributed by atoms with Gasteiger partial charge in [0.1, 0.15) is 0 Å². The minimum Gasteiger partial charge on any atom is -0.347 e. The lowest BCUT2D eigenvalue weighted by atomic mass is 10.1. The van der Waals surface area contributed by atoms with Gasteiger partial charge in [0, 0.05) is 6.20 Å². The summed E-state index contributed by atoms with van der Waals surface area (Å²) in [6, 6.07) is 5.13. The maximum Gasteiger partial charge on any atom is 0.237 e. The molecule has 1 rings (SSSR count). The molecular weight excluding hydrogens is 214 g/mol. The van der Waals surface area contributed by atoms with Crippen LogP contribution in [0.25, 0.3) is 0 Å². The van der Waals surface area contributed by atoms with Gasteiger partial charge in [-0.3, -0.25) is 9.78 Å². The molecule has 4 heteroatoms. The molecule has 1 amide bonds. The summed E-state index contributed by atoms with van der Waals surface area (Å²) in [4.78, 5) is 16.0. The van der Waals surface area contributed by atoms with Crippen LogP contribution in [0.2, 0.25) is 0 Å². The van der Waals surface area contributed by atoms with Crippen LogP contribution in [0.3, 0.4) is 0 Å². The number of hydrogen-bond donors (Lipinski definition) is 2. The zero-order chi connectivity index (χ0) is 12.7. The highest BCUT2D eigenvalue weighted by molar-refractivity contribution is 5.81. The van der Waals surface area contributed by atoms with Crippen LogP contribution in [0.1, 0.15) is 44.8 Å². The lowest BCUT2D eigenvalue weighted by Gasteiger charge is -2.16. The van der Waals surface area contributed by atoms with Crippen molar-refractivity contribution in [3.8, 4) is 0 Å². The molecule has 1 aromatic rings. The number of pyridine rings is 1. The molecule has 0 bridgehead atoms. The molecule has 3 N–H and O–H groups in total. The van der Waals surface area contributed by atoms with E-state index in [1.54, 1.807) is 6.20 Å². The van der Waals surface area contributed by atoms with Gasteiger partial charge in [-0.05, 0) is 25.5 Å². The summed E-state index contributed by atoms with van der Waals surface area (Å²) in [5.74, 6) is -0.100. The van der Waals surface area contributed by atoms with E-state index >= 15 is 0 Å². The third-order valence-corrected chi connectivity index (χ3v) is 2.70. The Morgan fingerprint density at radius 2 is 2.29 bits per heavy atom. The Bertz CT molecular complexity index is 340. The van der Waals surface area contributed by atoms with Gasteiger partial charge >= 0.3 is 0 Å². The standard InChI is InChI=1S/C13H21N3O/c1-3-4-7-11(14)13(17)16-10(2)12-8-5-6-9-15-12/h5-6,8-11H,3-4,7,14H2,1-2H3,(H,16,17)/t10-,11?/m1/s1. The minimum absolute atomic E-state index is 0.100.